The number of anilines is 1. The maximum Gasteiger partial charge on any atom is 0.407 e. The number of aryl methyl sites for hydroxylation is 1. The van der Waals surface area contributed by atoms with E-state index in [9.17, 15) is 4.79 Å². The molecule has 0 saturated carbocycles. The van der Waals surface area contributed by atoms with Crippen LogP contribution in [0.5, 0.6) is 0 Å². The summed E-state index contributed by atoms with van der Waals surface area (Å²) in [6.45, 7) is 12.8. The van der Waals surface area contributed by atoms with Gasteiger partial charge in [-0.3, -0.25) is 4.90 Å². The Morgan fingerprint density at radius 3 is 2.69 bits per heavy atom. The van der Waals surface area contributed by atoms with Gasteiger partial charge in [0.25, 0.3) is 0 Å². The predicted octanol–water partition coefficient (Wildman–Crippen LogP) is 2.26. The summed E-state index contributed by atoms with van der Waals surface area (Å²) in [7, 11) is 0. The number of thiazole rings is 1. The maximum atomic E-state index is 12.3. The van der Waals surface area contributed by atoms with Gasteiger partial charge in [0.05, 0.1) is 24.9 Å². The van der Waals surface area contributed by atoms with Crippen LogP contribution in [0, 0.1) is 6.92 Å². The van der Waals surface area contributed by atoms with Crippen LogP contribution in [-0.2, 0) is 9.47 Å². The molecule has 2 fully saturated rings. The van der Waals surface area contributed by atoms with Crippen LogP contribution in [-0.4, -0.2) is 73.1 Å². The summed E-state index contributed by atoms with van der Waals surface area (Å²) in [5, 5.41) is 6.17. The number of hydrogen-bond acceptors (Lipinski definition) is 7. The smallest absolute Gasteiger partial charge is 0.407 e. The van der Waals surface area contributed by atoms with Gasteiger partial charge in [0.15, 0.2) is 5.13 Å². The van der Waals surface area contributed by atoms with Crippen LogP contribution >= 0.6 is 11.3 Å². The lowest BCUT2D eigenvalue weighted by Gasteiger charge is -2.44. The van der Waals surface area contributed by atoms with Crippen molar-refractivity contribution in [2.75, 3.05) is 44.3 Å². The number of nitrogens with one attached hydrogen (secondary N) is 1. The molecule has 7 nitrogen and oxygen atoms in total. The molecule has 1 amide bonds. The zero-order valence-corrected chi connectivity index (χ0v) is 17.0. The summed E-state index contributed by atoms with van der Waals surface area (Å²) in [6.07, 6.45) is 0.570. The zero-order valence-electron chi connectivity index (χ0n) is 16.2. The fourth-order valence-electron chi connectivity index (χ4n) is 3.50. The van der Waals surface area contributed by atoms with Gasteiger partial charge in [-0.1, -0.05) is 0 Å². The van der Waals surface area contributed by atoms with Crippen molar-refractivity contribution in [3.8, 4) is 0 Å². The Hall–Kier alpha value is -1.38. The highest BCUT2D eigenvalue weighted by Crippen LogP contribution is 2.26. The summed E-state index contributed by atoms with van der Waals surface area (Å²) < 4.78 is 10.9. The summed E-state index contributed by atoms with van der Waals surface area (Å²) >= 11 is 1.66. The first-order chi connectivity index (χ1) is 12.3. The van der Waals surface area contributed by atoms with Crippen molar-refractivity contribution in [3.05, 3.63) is 11.1 Å². The van der Waals surface area contributed by atoms with Crippen molar-refractivity contribution >= 4 is 22.6 Å². The molecule has 2 saturated heterocycles. The van der Waals surface area contributed by atoms with E-state index < -0.39 is 5.60 Å². The molecule has 2 atom stereocenters. The lowest BCUT2D eigenvalue weighted by molar-refractivity contribution is 0.00985. The van der Waals surface area contributed by atoms with Crippen molar-refractivity contribution in [3.63, 3.8) is 0 Å². The van der Waals surface area contributed by atoms with Crippen molar-refractivity contribution in [1.29, 1.82) is 0 Å². The Kier molecular flexibility index (Phi) is 6.04. The Morgan fingerprint density at radius 2 is 2.08 bits per heavy atom. The zero-order chi connectivity index (χ0) is 18.7. The van der Waals surface area contributed by atoms with Gasteiger partial charge in [-0.2, -0.15) is 0 Å². The average molecular weight is 383 g/mol. The molecule has 0 aliphatic carbocycles. The van der Waals surface area contributed by atoms with Crippen molar-refractivity contribution in [2.24, 2.45) is 0 Å². The minimum atomic E-state index is -0.492. The first kappa shape index (κ1) is 19.4. The Morgan fingerprint density at radius 1 is 1.35 bits per heavy atom. The molecule has 8 heteroatoms. The molecule has 0 bridgehead atoms. The van der Waals surface area contributed by atoms with Crippen LogP contribution in [0.15, 0.2) is 5.38 Å². The van der Waals surface area contributed by atoms with E-state index >= 15 is 0 Å². The van der Waals surface area contributed by atoms with Crippen molar-refractivity contribution in [2.45, 2.75) is 51.8 Å². The number of ether oxygens (including phenoxy) is 2. The van der Waals surface area contributed by atoms with Gasteiger partial charge < -0.3 is 19.7 Å². The number of nitrogens with zero attached hydrogens (tertiary/aromatic N) is 3. The SMILES string of the molecule is Cc1csc(N2C[C@@H](NC(=O)OC(C)(C)C)C[C@H](N3CCOCC3)C2)n1. The molecule has 0 radical (unpaired) electrons. The number of carbonyl (C=O) groups excluding carboxylic acids is 1. The average Bonchev–Trinajstić information content (AvgIpc) is 3.00. The first-order valence-electron chi connectivity index (χ1n) is 9.28. The molecule has 3 heterocycles. The molecule has 1 aromatic heterocycles. The van der Waals surface area contributed by atoms with E-state index in [2.05, 4.69) is 25.5 Å². The molecule has 3 rings (SSSR count). The highest BCUT2D eigenvalue weighted by atomic mass is 32.1. The summed E-state index contributed by atoms with van der Waals surface area (Å²) in [5.74, 6) is 0. The molecule has 0 aromatic carbocycles. The summed E-state index contributed by atoms with van der Waals surface area (Å²) in [5.41, 5.74) is 0.546. The van der Waals surface area contributed by atoms with E-state index in [1.54, 1.807) is 11.3 Å². The number of rotatable bonds is 3. The van der Waals surface area contributed by atoms with Crippen LogP contribution in [0.1, 0.15) is 32.9 Å². The quantitative estimate of drug-likeness (QED) is 0.865. The van der Waals surface area contributed by atoms with E-state index in [4.69, 9.17) is 9.47 Å². The lowest BCUT2D eigenvalue weighted by atomic mass is 9.99. The van der Waals surface area contributed by atoms with Crippen LogP contribution in [0.4, 0.5) is 9.93 Å². The number of piperidine rings is 1. The third-order valence-corrected chi connectivity index (χ3v) is 5.61. The molecular formula is C18H30N4O3S. The van der Waals surface area contributed by atoms with Gasteiger partial charge in [0.1, 0.15) is 5.60 Å². The molecular weight excluding hydrogens is 352 g/mol. The lowest BCUT2D eigenvalue weighted by Crippen LogP contribution is -2.59. The van der Waals surface area contributed by atoms with E-state index in [-0.39, 0.29) is 12.1 Å². The molecule has 2 aliphatic heterocycles. The van der Waals surface area contributed by atoms with Gasteiger partial charge in [0.2, 0.25) is 0 Å². The maximum absolute atomic E-state index is 12.3. The van der Waals surface area contributed by atoms with Crippen molar-refractivity contribution < 1.29 is 14.3 Å². The second-order valence-corrected chi connectivity index (χ2v) is 8.89. The molecule has 26 heavy (non-hydrogen) atoms. The van der Waals surface area contributed by atoms with E-state index in [1.165, 1.54) is 0 Å². The van der Waals surface area contributed by atoms with Crippen LogP contribution in [0.2, 0.25) is 0 Å². The highest BCUT2D eigenvalue weighted by molar-refractivity contribution is 7.13. The van der Waals surface area contributed by atoms with E-state index in [0.29, 0.717) is 6.04 Å². The Labute approximate surface area is 159 Å². The fraction of sp³-hybridized carbons (Fsp3) is 0.778. The topological polar surface area (TPSA) is 66.9 Å². The Balaban J connectivity index is 1.69. The van der Waals surface area contributed by atoms with Crippen LogP contribution in [0.25, 0.3) is 0 Å². The van der Waals surface area contributed by atoms with Crippen molar-refractivity contribution in [1.82, 2.24) is 15.2 Å². The number of carbonyl (C=O) groups is 1. The van der Waals surface area contributed by atoms with E-state index in [1.807, 2.05) is 27.7 Å². The molecule has 0 spiro atoms. The monoisotopic (exact) mass is 382 g/mol. The van der Waals surface area contributed by atoms with Gasteiger partial charge >= 0.3 is 6.09 Å². The van der Waals surface area contributed by atoms with Gasteiger partial charge in [-0.15, -0.1) is 11.3 Å². The second kappa shape index (κ2) is 8.10. The molecule has 1 N–H and O–H groups in total. The third kappa shape index (κ3) is 5.31. The number of amides is 1. The van der Waals surface area contributed by atoms with Gasteiger partial charge in [-0.25, -0.2) is 9.78 Å². The number of alkyl carbamates (subject to hydrolysis) is 1. The van der Waals surface area contributed by atoms with Crippen LogP contribution in [0.3, 0.4) is 0 Å². The summed E-state index contributed by atoms with van der Waals surface area (Å²) in [4.78, 5) is 21.7. The number of aromatic nitrogens is 1. The predicted molar refractivity (Wildman–Crippen MR) is 103 cm³/mol. The van der Waals surface area contributed by atoms with Crippen LogP contribution < -0.4 is 10.2 Å². The fourth-order valence-corrected chi connectivity index (χ4v) is 4.32. The number of morpholine rings is 1. The highest BCUT2D eigenvalue weighted by Gasteiger charge is 2.34. The Bertz CT molecular complexity index is 610. The second-order valence-electron chi connectivity index (χ2n) is 8.06. The normalized spacial score (nSPS) is 25.2. The molecule has 146 valence electrons. The van der Waals surface area contributed by atoms with Gasteiger partial charge in [-0.05, 0) is 34.1 Å². The third-order valence-electron chi connectivity index (χ3n) is 4.59. The minimum absolute atomic E-state index is 0.0376. The standard InChI is InChI=1S/C18H30N4O3S/c1-13-12-26-16(19-13)22-10-14(20-17(23)25-18(2,3)4)9-15(11-22)21-5-7-24-8-6-21/h12,14-15H,5-11H2,1-4H3,(H,20,23)/t14-,15-/m0/s1. The summed E-state index contributed by atoms with van der Waals surface area (Å²) in [6, 6.07) is 0.410. The number of hydrogen-bond donors (Lipinski definition) is 1. The minimum Gasteiger partial charge on any atom is -0.444 e. The van der Waals surface area contributed by atoms with Gasteiger partial charge in [0, 0.05) is 37.6 Å². The first-order valence-corrected chi connectivity index (χ1v) is 10.2. The molecule has 1 aromatic rings. The molecule has 0 unspecified atom stereocenters. The van der Waals surface area contributed by atoms with E-state index in [0.717, 1.165) is 56.6 Å². The molecule has 2 aliphatic rings. The largest absolute Gasteiger partial charge is 0.444 e.